The standard InChI is InChI=1S/C30H40N4O4/c1-38-31-13-12-25(30(36)37)28-29(35)34(27-9-5-4-8-26(27)32-28)24-17-21-10-11-22(18-24)33(21)23-15-19-6-2-3-7-20(14-19)16-23/h4-5,8-9,13,19-25H,2-3,6-7,10-12,14-18H2,1H3,(H,36,37)/t19?,20?,21-,22?,23?,24?,25?/m1/s1. The number of benzene rings is 1. The van der Waals surface area contributed by atoms with E-state index in [1.807, 2.05) is 28.8 Å². The van der Waals surface area contributed by atoms with Crippen LogP contribution in [0, 0.1) is 11.8 Å². The van der Waals surface area contributed by atoms with Crippen LogP contribution in [0.25, 0.3) is 11.0 Å². The maximum absolute atomic E-state index is 14.0. The minimum absolute atomic E-state index is 0.0517. The number of hydrogen-bond donors (Lipinski definition) is 1. The first-order chi connectivity index (χ1) is 18.5. The van der Waals surface area contributed by atoms with Crippen LogP contribution >= 0.6 is 0 Å². The maximum Gasteiger partial charge on any atom is 0.313 e. The monoisotopic (exact) mass is 520 g/mol. The lowest BCUT2D eigenvalue weighted by Crippen LogP contribution is -2.52. The van der Waals surface area contributed by atoms with Crippen molar-refractivity contribution in [3.63, 3.8) is 0 Å². The highest BCUT2D eigenvalue weighted by atomic mass is 16.6. The molecule has 2 aliphatic carbocycles. The Morgan fingerprint density at radius 1 is 1.03 bits per heavy atom. The molecule has 0 spiro atoms. The average Bonchev–Trinajstić information content (AvgIpc) is 3.06. The van der Waals surface area contributed by atoms with Crippen molar-refractivity contribution in [1.29, 1.82) is 0 Å². The molecular formula is C30H40N4O4. The molecule has 2 saturated carbocycles. The summed E-state index contributed by atoms with van der Waals surface area (Å²) in [6.07, 6.45) is 15.5. The van der Waals surface area contributed by atoms with Gasteiger partial charge in [-0.15, -0.1) is 0 Å². The van der Waals surface area contributed by atoms with Crippen LogP contribution in [0.3, 0.4) is 0 Å². The lowest BCUT2D eigenvalue weighted by Gasteiger charge is -2.48. The summed E-state index contributed by atoms with van der Waals surface area (Å²) in [6.45, 7) is 0. The van der Waals surface area contributed by atoms with Crippen molar-refractivity contribution in [3.8, 4) is 0 Å². The largest absolute Gasteiger partial charge is 0.481 e. The highest BCUT2D eigenvalue weighted by Gasteiger charge is 2.47. The van der Waals surface area contributed by atoms with Gasteiger partial charge in [0.15, 0.2) is 0 Å². The second-order valence-corrected chi connectivity index (χ2v) is 12.1. The number of piperidine rings is 1. The maximum atomic E-state index is 14.0. The first-order valence-electron chi connectivity index (χ1n) is 14.6. The van der Waals surface area contributed by atoms with Gasteiger partial charge in [0, 0.05) is 36.8 Å². The van der Waals surface area contributed by atoms with Gasteiger partial charge in [0.1, 0.15) is 18.7 Å². The minimum atomic E-state index is -1.08. The molecule has 8 nitrogen and oxygen atoms in total. The van der Waals surface area contributed by atoms with Gasteiger partial charge in [-0.2, -0.15) is 0 Å². The molecule has 2 saturated heterocycles. The highest BCUT2D eigenvalue weighted by molar-refractivity contribution is 5.81. The van der Waals surface area contributed by atoms with Gasteiger partial charge in [0.05, 0.1) is 11.0 Å². The molecule has 1 aromatic heterocycles. The molecule has 0 amide bonds. The van der Waals surface area contributed by atoms with Gasteiger partial charge in [-0.25, -0.2) is 4.98 Å². The van der Waals surface area contributed by atoms with Crippen molar-refractivity contribution >= 4 is 23.2 Å². The number of aromatic nitrogens is 2. The zero-order valence-corrected chi connectivity index (χ0v) is 22.4. The number of para-hydroxylation sites is 2. The molecule has 2 aliphatic heterocycles. The second kappa shape index (κ2) is 10.8. The molecule has 4 bridgehead atoms. The van der Waals surface area contributed by atoms with Crippen LogP contribution in [0.1, 0.15) is 94.7 Å². The molecular weight excluding hydrogens is 480 g/mol. The average molecular weight is 521 g/mol. The van der Waals surface area contributed by atoms with Crippen molar-refractivity contribution < 1.29 is 14.7 Å². The number of fused-ring (bicyclic) bond motifs is 5. The summed E-state index contributed by atoms with van der Waals surface area (Å²) in [5, 5.41) is 13.7. The van der Waals surface area contributed by atoms with Crippen molar-refractivity contribution in [2.24, 2.45) is 17.0 Å². The number of oxime groups is 1. The molecule has 5 unspecified atom stereocenters. The van der Waals surface area contributed by atoms with E-state index in [1.54, 1.807) is 0 Å². The van der Waals surface area contributed by atoms with E-state index in [9.17, 15) is 14.7 Å². The number of hydrogen-bond acceptors (Lipinski definition) is 6. The minimum Gasteiger partial charge on any atom is -0.481 e. The third kappa shape index (κ3) is 4.76. The summed E-state index contributed by atoms with van der Waals surface area (Å²) in [5.74, 6) is -0.364. The predicted octanol–water partition coefficient (Wildman–Crippen LogP) is 5.11. The number of nitrogens with zero attached hydrogens (tertiary/aromatic N) is 4. The van der Waals surface area contributed by atoms with Crippen LogP contribution in [0.15, 0.2) is 34.2 Å². The number of carbonyl (C=O) groups is 1. The van der Waals surface area contributed by atoms with Gasteiger partial charge in [-0.05, 0) is 68.9 Å². The summed E-state index contributed by atoms with van der Waals surface area (Å²) in [5.41, 5.74) is 1.29. The fraction of sp³-hybridized carbons (Fsp3) is 0.667. The SMILES string of the molecule is CON=CCC(C(=O)O)c1nc2ccccc2n(C2CC3CC[C@H](C2)N3C2CC3CCCCC(C3)C2)c1=O. The fourth-order valence-corrected chi connectivity index (χ4v) is 8.42. The van der Waals surface area contributed by atoms with Crippen molar-refractivity contribution in [2.75, 3.05) is 7.11 Å². The van der Waals surface area contributed by atoms with Crippen LogP contribution in [-0.4, -0.2) is 57.0 Å². The molecule has 1 N–H and O–H groups in total. The summed E-state index contributed by atoms with van der Waals surface area (Å²) >= 11 is 0. The van der Waals surface area contributed by atoms with Gasteiger partial charge < -0.3 is 14.5 Å². The summed E-state index contributed by atoms with van der Waals surface area (Å²) in [6, 6.07) is 9.40. The zero-order chi connectivity index (χ0) is 26.2. The molecule has 6 rings (SSSR count). The molecule has 204 valence electrons. The lowest BCUT2D eigenvalue weighted by molar-refractivity contribution is -0.138. The van der Waals surface area contributed by atoms with Gasteiger partial charge in [0.25, 0.3) is 5.56 Å². The van der Waals surface area contributed by atoms with Crippen molar-refractivity contribution in [1.82, 2.24) is 14.5 Å². The smallest absolute Gasteiger partial charge is 0.313 e. The van der Waals surface area contributed by atoms with E-state index >= 15 is 0 Å². The van der Waals surface area contributed by atoms with Gasteiger partial charge >= 0.3 is 5.97 Å². The molecule has 4 aliphatic rings. The van der Waals surface area contributed by atoms with E-state index < -0.39 is 11.9 Å². The Bertz CT molecular complexity index is 1230. The molecule has 38 heavy (non-hydrogen) atoms. The quantitative estimate of drug-likeness (QED) is 0.402. The zero-order valence-electron chi connectivity index (χ0n) is 22.4. The molecule has 0 radical (unpaired) electrons. The Morgan fingerprint density at radius 2 is 1.71 bits per heavy atom. The lowest BCUT2D eigenvalue weighted by atomic mass is 9.76. The molecule has 1 aromatic carbocycles. The van der Waals surface area contributed by atoms with E-state index in [4.69, 9.17) is 4.84 Å². The molecule has 3 heterocycles. The molecule has 8 heteroatoms. The Labute approximate surface area is 224 Å². The molecule has 4 fully saturated rings. The van der Waals surface area contributed by atoms with E-state index in [-0.39, 0.29) is 23.7 Å². The summed E-state index contributed by atoms with van der Waals surface area (Å²) in [4.78, 5) is 38.4. The molecule has 2 aromatic rings. The Kier molecular flexibility index (Phi) is 7.25. The van der Waals surface area contributed by atoms with Crippen LogP contribution in [-0.2, 0) is 9.63 Å². The van der Waals surface area contributed by atoms with E-state index in [0.717, 1.165) is 30.2 Å². The first-order valence-corrected chi connectivity index (χ1v) is 14.6. The summed E-state index contributed by atoms with van der Waals surface area (Å²) in [7, 11) is 1.41. The third-order valence-corrected chi connectivity index (χ3v) is 9.87. The highest BCUT2D eigenvalue weighted by Crippen LogP contribution is 2.48. The number of rotatable bonds is 7. The van der Waals surface area contributed by atoms with Crippen LogP contribution in [0.2, 0.25) is 0 Å². The van der Waals surface area contributed by atoms with E-state index in [2.05, 4.69) is 15.0 Å². The van der Waals surface area contributed by atoms with E-state index in [0.29, 0.717) is 23.6 Å². The summed E-state index contributed by atoms with van der Waals surface area (Å²) < 4.78 is 1.89. The van der Waals surface area contributed by atoms with Crippen molar-refractivity contribution in [2.45, 2.75) is 107 Å². The predicted molar refractivity (Wildman–Crippen MR) is 147 cm³/mol. The Balaban J connectivity index is 1.32. The topological polar surface area (TPSA) is 97.0 Å². The third-order valence-electron chi connectivity index (χ3n) is 9.87. The van der Waals surface area contributed by atoms with E-state index in [1.165, 1.54) is 71.1 Å². The van der Waals surface area contributed by atoms with Crippen LogP contribution in [0.4, 0.5) is 0 Å². The van der Waals surface area contributed by atoms with Gasteiger partial charge in [-0.3, -0.25) is 14.5 Å². The van der Waals surface area contributed by atoms with Crippen LogP contribution < -0.4 is 5.56 Å². The number of carboxylic acids is 1. The van der Waals surface area contributed by atoms with Gasteiger partial charge in [0.2, 0.25) is 0 Å². The van der Waals surface area contributed by atoms with Gasteiger partial charge in [-0.1, -0.05) is 43.0 Å². The first kappa shape index (κ1) is 25.5. The Morgan fingerprint density at radius 3 is 2.37 bits per heavy atom. The molecule has 6 atom stereocenters. The number of aliphatic carboxylic acids is 1. The second-order valence-electron chi connectivity index (χ2n) is 12.1. The normalized spacial score (nSPS) is 32.3. The van der Waals surface area contributed by atoms with Crippen LogP contribution in [0.5, 0.6) is 0 Å². The number of carboxylic acid groups (broad SMARTS) is 1. The fourth-order valence-electron chi connectivity index (χ4n) is 8.42. The van der Waals surface area contributed by atoms with Crippen molar-refractivity contribution in [3.05, 3.63) is 40.3 Å². The Hall–Kier alpha value is -2.74.